The van der Waals surface area contributed by atoms with Gasteiger partial charge in [0, 0.05) is 24.4 Å². The minimum absolute atomic E-state index is 0.606. The highest BCUT2D eigenvalue weighted by Gasteiger charge is 2.28. The van der Waals surface area contributed by atoms with E-state index in [9.17, 15) is 0 Å². The van der Waals surface area contributed by atoms with E-state index in [0.29, 0.717) is 6.04 Å². The maximum atomic E-state index is 4.62. The quantitative estimate of drug-likeness (QED) is 0.845. The van der Waals surface area contributed by atoms with Gasteiger partial charge in [0.05, 0.1) is 0 Å². The van der Waals surface area contributed by atoms with Gasteiger partial charge >= 0.3 is 0 Å². The fraction of sp³-hybridized carbons (Fsp3) is 0.706. The lowest BCUT2D eigenvalue weighted by molar-refractivity contribution is 0.351. The Morgan fingerprint density at radius 1 is 1.32 bits per heavy atom. The van der Waals surface area contributed by atoms with Gasteiger partial charge in [0.15, 0.2) is 0 Å². The molecule has 0 bridgehead atoms. The first-order valence-corrected chi connectivity index (χ1v) is 7.90. The van der Waals surface area contributed by atoms with E-state index in [4.69, 9.17) is 0 Å². The second-order valence-electron chi connectivity index (χ2n) is 6.06. The molecule has 1 aliphatic rings. The van der Waals surface area contributed by atoms with Gasteiger partial charge in [-0.3, -0.25) is 4.98 Å². The van der Waals surface area contributed by atoms with E-state index in [2.05, 4.69) is 43.2 Å². The summed E-state index contributed by atoms with van der Waals surface area (Å²) in [6.45, 7) is 7.83. The molecule has 3 unspecified atom stereocenters. The zero-order valence-corrected chi connectivity index (χ0v) is 12.7. The maximum absolute atomic E-state index is 4.62. The smallest absolute Gasteiger partial charge is 0.0419 e. The fourth-order valence-electron chi connectivity index (χ4n) is 3.29. The van der Waals surface area contributed by atoms with Crippen molar-refractivity contribution in [2.24, 2.45) is 11.8 Å². The van der Waals surface area contributed by atoms with Crippen molar-refractivity contribution in [3.8, 4) is 0 Å². The first-order valence-electron chi connectivity index (χ1n) is 7.90. The molecule has 2 nitrogen and oxygen atoms in total. The predicted molar refractivity (Wildman–Crippen MR) is 81.3 cm³/mol. The van der Waals surface area contributed by atoms with Crippen LogP contribution in [0.3, 0.4) is 0 Å². The summed E-state index contributed by atoms with van der Waals surface area (Å²) in [6, 6.07) is 5.04. The van der Waals surface area contributed by atoms with E-state index in [1.165, 1.54) is 30.5 Å². The molecule has 106 valence electrons. The van der Waals surface area contributed by atoms with E-state index in [1.807, 2.05) is 6.20 Å². The molecule has 3 atom stereocenters. The van der Waals surface area contributed by atoms with Crippen molar-refractivity contribution in [3.05, 3.63) is 29.6 Å². The lowest BCUT2D eigenvalue weighted by atomic mass is 9.93. The van der Waals surface area contributed by atoms with Gasteiger partial charge in [0.1, 0.15) is 0 Å². The number of nitrogens with zero attached hydrogens (tertiary/aromatic N) is 1. The van der Waals surface area contributed by atoms with E-state index in [0.717, 1.165) is 31.2 Å². The lowest BCUT2D eigenvalue weighted by Crippen LogP contribution is -2.37. The van der Waals surface area contributed by atoms with Crippen LogP contribution in [-0.2, 0) is 12.8 Å². The monoisotopic (exact) mass is 260 g/mol. The van der Waals surface area contributed by atoms with Crippen molar-refractivity contribution in [1.29, 1.82) is 0 Å². The van der Waals surface area contributed by atoms with Crippen LogP contribution in [0.2, 0.25) is 0 Å². The minimum Gasteiger partial charge on any atom is -0.314 e. The fourth-order valence-corrected chi connectivity index (χ4v) is 3.29. The van der Waals surface area contributed by atoms with Crippen LogP contribution in [0.15, 0.2) is 18.3 Å². The number of likely N-dealkylation sites (N-methyl/N-ethyl adjacent to an activating group) is 1. The Hall–Kier alpha value is -0.890. The van der Waals surface area contributed by atoms with Crippen molar-refractivity contribution in [2.75, 3.05) is 6.54 Å². The summed E-state index contributed by atoms with van der Waals surface area (Å²) >= 11 is 0. The van der Waals surface area contributed by atoms with Crippen molar-refractivity contribution < 1.29 is 0 Å². The summed E-state index contributed by atoms with van der Waals surface area (Å²) in [4.78, 5) is 4.62. The van der Waals surface area contributed by atoms with E-state index < -0.39 is 0 Å². The highest BCUT2D eigenvalue weighted by atomic mass is 14.9. The molecular formula is C17H28N2. The van der Waals surface area contributed by atoms with Crippen LogP contribution in [-0.4, -0.2) is 17.6 Å². The largest absolute Gasteiger partial charge is 0.314 e. The molecule has 1 aliphatic carbocycles. The molecule has 1 aromatic heterocycles. The molecule has 0 saturated heterocycles. The number of aryl methyl sites for hydroxylation is 1. The minimum atomic E-state index is 0.606. The Balaban J connectivity index is 1.98. The summed E-state index contributed by atoms with van der Waals surface area (Å²) in [5.41, 5.74) is 2.57. The molecule has 1 N–H and O–H groups in total. The molecule has 0 radical (unpaired) electrons. The maximum Gasteiger partial charge on any atom is 0.0419 e. The standard InChI is InChI=1S/C17H28N2/c1-4-14-7-9-16(19-12-14)11-17(18-5-2)15-8-6-13(3)10-15/h7,9,12-13,15,17-18H,4-6,8,10-11H2,1-3H3. The lowest BCUT2D eigenvalue weighted by Gasteiger charge is -2.24. The van der Waals surface area contributed by atoms with Gasteiger partial charge in [-0.1, -0.05) is 33.3 Å². The van der Waals surface area contributed by atoms with E-state index in [-0.39, 0.29) is 0 Å². The number of rotatable bonds is 6. The Morgan fingerprint density at radius 3 is 2.68 bits per heavy atom. The van der Waals surface area contributed by atoms with Gasteiger partial charge in [-0.15, -0.1) is 0 Å². The summed E-state index contributed by atoms with van der Waals surface area (Å²) < 4.78 is 0. The second kappa shape index (κ2) is 7.04. The molecule has 2 rings (SSSR count). The van der Waals surface area contributed by atoms with Crippen LogP contribution in [0.5, 0.6) is 0 Å². The molecule has 19 heavy (non-hydrogen) atoms. The van der Waals surface area contributed by atoms with Crippen LogP contribution in [0.1, 0.15) is 51.3 Å². The molecule has 2 heteroatoms. The Morgan fingerprint density at radius 2 is 2.16 bits per heavy atom. The Labute approximate surface area is 118 Å². The van der Waals surface area contributed by atoms with Crippen LogP contribution < -0.4 is 5.32 Å². The molecule has 1 heterocycles. The summed E-state index contributed by atoms with van der Waals surface area (Å²) in [7, 11) is 0. The molecule has 1 aromatic rings. The zero-order chi connectivity index (χ0) is 13.7. The van der Waals surface area contributed by atoms with Crippen LogP contribution in [0.25, 0.3) is 0 Å². The Kier molecular flexibility index (Phi) is 5.38. The number of hydrogen-bond donors (Lipinski definition) is 1. The Bertz CT molecular complexity index is 371. The van der Waals surface area contributed by atoms with Crippen molar-refractivity contribution in [3.63, 3.8) is 0 Å². The van der Waals surface area contributed by atoms with Crippen LogP contribution >= 0.6 is 0 Å². The third-order valence-corrected chi connectivity index (χ3v) is 4.49. The van der Waals surface area contributed by atoms with E-state index in [1.54, 1.807) is 0 Å². The first-order chi connectivity index (χ1) is 9.22. The molecule has 0 amide bonds. The topological polar surface area (TPSA) is 24.9 Å². The normalized spacial score (nSPS) is 24.6. The number of aromatic nitrogens is 1. The van der Waals surface area contributed by atoms with E-state index >= 15 is 0 Å². The summed E-state index contributed by atoms with van der Waals surface area (Å²) in [5.74, 6) is 1.74. The SMILES string of the molecule is CCNC(Cc1ccc(CC)cn1)C1CCC(C)C1. The highest BCUT2D eigenvalue weighted by molar-refractivity contribution is 5.15. The summed E-state index contributed by atoms with van der Waals surface area (Å²) in [6.07, 6.45) is 8.35. The molecule has 0 aromatic carbocycles. The third kappa shape index (κ3) is 4.04. The summed E-state index contributed by atoms with van der Waals surface area (Å²) in [5, 5.41) is 3.68. The molecule has 1 fully saturated rings. The molecular weight excluding hydrogens is 232 g/mol. The van der Waals surface area contributed by atoms with Crippen LogP contribution in [0.4, 0.5) is 0 Å². The van der Waals surface area contributed by atoms with Gasteiger partial charge in [-0.2, -0.15) is 0 Å². The average Bonchev–Trinajstić information content (AvgIpc) is 2.86. The zero-order valence-electron chi connectivity index (χ0n) is 12.7. The second-order valence-corrected chi connectivity index (χ2v) is 6.06. The number of pyridine rings is 1. The molecule has 0 aliphatic heterocycles. The van der Waals surface area contributed by atoms with Crippen LogP contribution in [0, 0.1) is 11.8 Å². The average molecular weight is 260 g/mol. The predicted octanol–water partition coefficient (Wildman–Crippen LogP) is 3.60. The number of nitrogens with one attached hydrogen (secondary N) is 1. The van der Waals surface area contributed by atoms with Gasteiger partial charge in [-0.05, 0) is 49.3 Å². The van der Waals surface area contributed by atoms with Gasteiger partial charge in [0.25, 0.3) is 0 Å². The van der Waals surface area contributed by atoms with Crippen molar-refractivity contribution >= 4 is 0 Å². The van der Waals surface area contributed by atoms with Crippen molar-refractivity contribution in [1.82, 2.24) is 10.3 Å². The first kappa shape index (κ1) is 14.5. The van der Waals surface area contributed by atoms with Gasteiger partial charge in [0.2, 0.25) is 0 Å². The third-order valence-electron chi connectivity index (χ3n) is 4.49. The van der Waals surface area contributed by atoms with Gasteiger partial charge in [-0.25, -0.2) is 0 Å². The molecule has 0 spiro atoms. The molecule has 1 saturated carbocycles. The number of hydrogen-bond acceptors (Lipinski definition) is 2. The van der Waals surface area contributed by atoms with Gasteiger partial charge < -0.3 is 5.32 Å². The van der Waals surface area contributed by atoms with Crippen molar-refractivity contribution in [2.45, 2.75) is 58.9 Å². The highest BCUT2D eigenvalue weighted by Crippen LogP contribution is 2.33.